The number of amides is 1. The zero-order valence-electron chi connectivity index (χ0n) is 17.3. The monoisotopic (exact) mass is 423 g/mol. The smallest absolute Gasteiger partial charge is 0.251 e. The summed E-state index contributed by atoms with van der Waals surface area (Å²) in [5.41, 5.74) is 3.56. The average molecular weight is 424 g/mol. The largest absolute Gasteiger partial charge is 0.495 e. The van der Waals surface area contributed by atoms with E-state index in [9.17, 15) is 4.79 Å². The summed E-state index contributed by atoms with van der Waals surface area (Å²) < 4.78 is 7.43. The molecule has 0 aliphatic heterocycles. The molecule has 0 unspecified atom stereocenters. The second-order valence-electron chi connectivity index (χ2n) is 7.99. The van der Waals surface area contributed by atoms with Crippen molar-refractivity contribution < 1.29 is 9.53 Å². The quantitative estimate of drug-likeness (QED) is 0.601. The predicted octanol–water partition coefficient (Wildman–Crippen LogP) is 5.08. The molecule has 1 aliphatic rings. The van der Waals surface area contributed by atoms with Crippen LogP contribution in [0.3, 0.4) is 0 Å². The third kappa shape index (κ3) is 4.08. The van der Waals surface area contributed by atoms with Gasteiger partial charge in [0, 0.05) is 28.7 Å². The van der Waals surface area contributed by atoms with Gasteiger partial charge in [-0.1, -0.05) is 36.6 Å². The molecule has 1 N–H and O–H groups in total. The number of nitrogens with zero attached hydrogens (tertiary/aromatic N) is 2. The summed E-state index contributed by atoms with van der Waals surface area (Å²) in [6, 6.07) is 13.5. The van der Waals surface area contributed by atoms with E-state index in [1.165, 1.54) is 18.4 Å². The normalized spacial score (nSPS) is 15.2. The van der Waals surface area contributed by atoms with Gasteiger partial charge in [-0.05, 0) is 55.7 Å². The molecular formula is C24H26ClN3O2. The van der Waals surface area contributed by atoms with Gasteiger partial charge < -0.3 is 14.6 Å². The molecule has 1 aromatic heterocycles. The van der Waals surface area contributed by atoms with Crippen LogP contribution in [0.2, 0.25) is 5.02 Å². The first-order chi connectivity index (χ1) is 14.5. The van der Waals surface area contributed by atoms with E-state index in [-0.39, 0.29) is 11.3 Å². The highest BCUT2D eigenvalue weighted by atomic mass is 35.5. The van der Waals surface area contributed by atoms with Gasteiger partial charge >= 0.3 is 0 Å². The van der Waals surface area contributed by atoms with E-state index in [0.717, 1.165) is 29.2 Å². The highest BCUT2D eigenvalue weighted by molar-refractivity contribution is 6.30. The number of aromatic nitrogens is 2. The number of ether oxygens (including phenoxy) is 1. The zero-order valence-corrected chi connectivity index (χ0v) is 18.1. The Labute approximate surface area is 182 Å². The van der Waals surface area contributed by atoms with Crippen molar-refractivity contribution in [2.75, 3.05) is 13.7 Å². The lowest BCUT2D eigenvalue weighted by atomic mass is 9.79. The molecule has 1 aliphatic carbocycles. The average Bonchev–Trinajstić information content (AvgIpc) is 3.42. The van der Waals surface area contributed by atoms with E-state index in [2.05, 4.69) is 22.4 Å². The molecule has 0 saturated heterocycles. The molecule has 4 rings (SSSR count). The van der Waals surface area contributed by atoms with Gasteiger partial charge in [-0.2, -0.15) is 0 Å². The lowest BCUT2D eigenvalue weighted by Crippen LogP contribution is -2.39. The molecule has 156 valence electrons. The topological polar surface area (TPSA) is 56.1 Å². The second-order valence-corrected chi connectivity index (χ2v) is 8.42. The molecule has 0 atom stereocenters. The Bertz CT molecular complexity index is 1040. The van der Waals surface area contributed by atoms with Crippen LogP contribution < -0.4 is 10.1 Å². The number of halogens is 1. The van der Waals surface area contributed by atoms with Crippen LogP contribution in [0.15, 0.2) is 55.0 Å². The van der Waals surface area contributed by atoms with E-state index >= 15 is 0 Å². The van der Waals surface area contributed by atoms with Gasteiger partial charge in [-0.15, -0.1) is 0 Å². The molecule has 0 bridgehead atoms. The summed E-state index contributed by atoms with van der Waals surface area (Å²) >= 11 is 6.07. The van der Waals surface area contributed by atoms with Crippen LogP contribution in [-0.2, 0) is 5.41 Å². The second kappa shape index (κ2) is 8.52. The Balaban J connectivity index is 1.52. The van der Waals surface area contributed by atoms with Gasteiger partial charge in [-0.3, -0.25) is 4.79 Å². The molecule has 30 heavy (non-hydrogen) atoms. The summed E-state index contributed by atoms with van der Waals surface area (Å²) in [6.45, 7) is 2.54. The van der Waals surface area contributed by atoms with E-state index in [1.807, 2.05) is 42.0 Å². The summed E-state index contributed by atoms with van der Waals surface area (Å²) in [4.78, 5) is 17.2. The first-order valence-corrected chi connectivity index (χ1v) is 10.6. The van der Waals surface area contributed by atoms with Gasteiger partial charge in [0.1, 0.15) is 5.75 Å². The minimum absolute atomic E-state index is 0.0292. The number of aryl methyl sites for hydroxylation is 1. The summed E-state index contributed by atoms with van der Waals surface area (Å²) in [6.07, 6.45) is 8.14. The number of imidazole rings is 1. The number of hydrogen-bond donors (Lipinski definition) is 1. The summed E-state index contributed by atoms with van der Waals surface area (Å²) in [7, 11) is 1.61. The fraction of sp³-hybridized carbons (Fsp3) is 0.333. The molecule has 3 aromatic rings. The summed E-state index contributed by atoms with van der Waals surface area (Å²) in [5.74, 6) is 0.537. The van der Waals surface area contributed by atoms with Crippen molar-refractivity contribution in [1.82, 2.24) is 14.9 Å². The van der Waals surface area contributed by atoms with E-state index in [4.69, 9.17) is 16.3 Å². The van der Waals surface area contributed by atoms with E-state index < -0.39 is 0 Å². The fourth-order valence-electron chi connectivity index (χ4n) is 4.36. The SMILES string of the molecule is COc1cc(C(=O)NCC2(c3ccc(Cl)cc3)CCCC2)ccc1-n1cnc(C)c1. The van der Waals surface area contributed by atoms with Crippen molar-refractivity contribution in [3.05, 3.63) is 76.8 Å². The lowest BCUT2D eigenvalue weighted by Gasteiger charge is -2.30. The van der Waals surface area contributed by atoms with Crippen molar-refractivity contribution in [2.45, 2.75) is 38.0 Å². The maximum atomic E-state index is 12.9. The molecule has 6 heteroatoms. The van der Waals surface area contributed by atoms with Crippen LogP contribution >= 0.6 is 11.6 Å². The predicted molar refractivity (Wildman–Crippen MR) is 119 cm³/mol. The van der Waals surface area contributed by atoms with Crippen LogP contribution in [0.25, 0.3) is 5.69 Å². The van der Waals surface area contributed by atoms with Crippen molar-refractivity contribution in [2.24, 2.45) is 0 Å². The first-order valence-electron chi connectivity index (χ1n) is 10.2. The Morgan fingerprint density at radius 3 is 2.57 bits per heavy atom. The van der Waals surface area contributed by atoms with Crippen molar-refractivity contribution in [3.63, 3.8) is 0 Å². The Hall–Kier alpha value is -2.79. The standard InChI is InChI=1S/C24H26ClN3O2/c1-17-14-28(16-27-17)21-10-5-18(13-22(21)30-2)23(29)26-15-24(11-3-4-12-24)19-6-8-20(25)9-7-19/h5-10,13-14,16H,3-4,11-12,15H2,1-2H3,(H,26,29). The zero-order chi connectivity index (χ0) is 21.1. The molecule has 2 aromatic carbocycles. The third-order valence-corrected chi connectivity index (χ3v) is 6.29. The molecule has 0 spiro atoms. The highest BCUT2D eigenvalue weighted by Gasteiger charge is 2.36. The van der Waals surface area contributed by atoms with E-state index in [0.29, 0.717) is 17.9 Å². The summed E-state index contributed by atoms with van der Waals surface area (Å²) in [5, 5.41) is 3.90. The van der Waals surface area contributed by atoms with Crippen molar-refractivity contribution in [3.8, 4) is 11.4 Å². The fourth-order valence-corrected chi connectivity index (χ4v) is 4.49. The number of methoxy groups -OCH3 is 1. The Morgan fingerprint density at radius 2 is 1.93 bits per heavy atom. The Kier molecular flexibility index (Phi) is 5.82. The third-order valence-electron chi connectivity index (χ3n) is 6.04. The lowest BCUT2D eigenvalue weighted by molar-refractivity contribution is 0.0943. The van der Waals surface area contributed by atoms with Crippen LogP contribution in [0.5, 0.6) is 5.75 Å². The maximum Gasteiger partial charge on any atom is 0.251 e. The Morgan fingerprint density at radius 1 is 1.20 bits per heavy atom. The maximum absolute atomic E-state index is 12.9. The number of rotatable bonds is 6. The molecule has 1 heterocycles. The van der Waals surface area contributed by atoms with Gasteiger partial charge in [0.2, 0.25) is 0 Å². The minimum atomic E-state index is -0.0955. The van der Waals surface area contributed by atoms with Gasteiger partial charge in [-0.25, -0.2) is 4.98 Å². The highest BCUT2D eigenvalue weighted by Crippen LogP contribution is 2.41. The van der Waals surface area contributed by atoms with Crippen molar-refractivity contribution in [1.29, 1.82) is 0 Å². The van der Waals surface area contributed by atoms with Crippen molar-refractivity contribution >= 4 is 17.5 Å². The number of hydrogen-bond acceptors (Lipinski definition) is 3. The van der Waals surface area contributed by atoms with Gasteiger partial charge in [0.05, 0.1) is 24.8 Å². The van der Waals surface area contributed by atoms with Crippen LogP contribution in [-0.4, -0.2) is 29.1 Å². The first kappa shape index (κ1) is 20.5. The molecule has 5 nitrogen and oxygen atoms in total. The van der Waals surface area contributed by atoms with Gasteiger partial charge in [0.25, 0.3) is 5.91 Å². The van der Waals surface area contributed by atoms with Crippen LogP contribution in [0, 0.1) is 6.92 Å². The number of benzene rings is 2. The number of nitrogens with one attached hydrogen (secondary N) is 1. The molecule has 1 fully saturated rings. The molecule has 1 saturated carbocycles. The molecule has 0 radical (unpaired) electrons. The van der Waals surface area contributed by atoms with E-state index in [1.54, 1.807) is 19.5 Å². The van der Waals surface area contributed by atoms with Crippen LogP contribution in [0.1, 0.15) is 47.3 Å². The molecular weight excluding hydrogens is 398 g/mol. The minimum Gasteiger partial charge on any atom is -0.495 e. The van der Waals surface area contributed by atoms with Gasteiger partial charge in [0.15, 0.2) is 0 Å². The van der Waals surface area contributed by atoms with Crippen LogP contribution in [0.4, 0.5) is 0 Å². The molecule has 1 amide bonds. The number of carbonyl (C=O) groups excluding carboxylic acids is 1. The number of carbonyl (C=O) groups is 1.